The van der Waals surface area contributed by atoms with Crippen molar-refractivity contribution in [3.8, 4) is 0 Å². The lowest BCUT2D eigenvalue weighted by Gasteiger charge is -2.08. The summed E-state index contributed by atoms with van der Waals surface area (Å²) in [6.07, 6.45) is 2.90. The number of rotatable bonds is 7. The van der Waals surface area contributed by atoms with Gasteiger partial charge in [-0.3, -0.25) is 0 Å². The lowest BCUT2D eigenvalue weighted by Crippen LogP contribution is -2.23. The average Bonchev–Trinajstić information content (AvgIpc) is 3.15. The van der Waals surface area contributed by atoms with E-state index in [0.29, 0.717) is 25.2 Å². The van der Waals surface area contributed by atoms with E-state index in [4.69, 9.17) is 26.9 Å². The number of aromatic nitrogens is 2. The van der Waals surface area contributed by atoms with E-state index in [1.165, 1.54) is 0 Å². The second-order valence-corrected chi connectivity index (χ2v) is 7.02. The maximum atomic E-state index is 9.03. The van der Waals surface area contributed by atoms with Crippen molar-refractivity contribution in [2.45, 2.75) is 32.4 Å². The molecule has 0 fully saturated rings. The van der Waals surface area contributed by atoms with Crippen LogP contribution in [0.25, 0.3) is 10.2 Å². The number of hydrogen-bond acceptors (Lipinski definition) is 7. The van der Waals surface area contributed by atoms with E-state index in [1.54, 1.807) is 17.6 Å². The van der Waals surface area contributed by atoms with E-state index >= 15 is 0 Å². The molecular formula is C16H21Cl3N4O2S. The van der Waals surface area contributed by atoms with Gasteiger partial charge in [-0.05, 0) is 49.1 Å². The zero-order valence-electron chi connectivity index (χ0n) is 14.1. The van der Waals surface area contributed by atoms with Crippen LogP contribution in [0.2, 0.25) is 5.28 Å². The quantitative estimate of drug-likeness (QED) is 0.482. The predicted molar refractivity (Wildman–Crippen MR) is 111 cm³/mol. The molecular weight excluding hydrogens is 419 g/mol. The normalized spacial score (nSPS) is 11.7. The Balaban J connectivity index is 0.00000169. The number of aliphatic hydroxyl groups is 1. The molecule has 0 aliphatic carbocycles. The smallest absolute Gasteiger partial charge is 0.224 e. The largest absolute Gasteiger partial charge is 0.467 e. The molecule has 6 nitrogen and oxygen atoms in total. The van der Waals surface area contributed by atoms with Gasteiger partial charge in [0, 0.05) is 17.5 Å². The van der Waals surface area contributed by atoms with Gasteiger partial charge in [-0.2, -0.15) is 4.98 Å². The number of aryl methyl sites for hydroxylation is 1. The van der Waals surface area contributed by atoms with Crippen LogP contribution in [-0.2, 0) is 13.0 Å². The first-order chi connectivity index (χ1) is 11.6. The van der Waals surface area contributed by atoms with E-state index in [-0.39, 0.29) is 42.7 Å². The maximum absolute atomic E-state index is 9.03. The summed E-state index contributed by atoms with van der Waals surface area (Å²) in [5.41, 5.74) is 7.96. The fraction of sp³-hybridized carbons (Fsp3) is 0.375. The average molecular weight is 440 g/mol. The molecule has 0 saturated heterocycles. The number of hydrogen-bond donors (Lipinski definition) is 3. The highest BCUT2D eigenvalue weighted by Crippen LogP contribution is 2.35. The van der Waals surface area contributed by atoms with E-state index in [1.807, 2.05) is 19.1 Å². The van der Waals surface area contributed by atoms with Crippen molar-refractivity contribution < 1.29 is 9.52 Å². The fourth-order valence-electron chi connectivity index (χ4n) is 2.51. The standard InChI is InChI=1S/C16H19ClN4O2S.2ClH/c1-9-12(7-10(18)4-5-22)24-14-13(9)20-16(17)21-15(14)19-8-11-3-2-6-23-11;;/h2-3,6,10,22H,4-5,7-8,18H2,1H3,(H,19,20,21);2*1H. The Morgan fingerprint density at radius 2 is 2.15 bits per heavy atom. The Morgan fingerprint density at radius 3 is 2.81 bits per heavy atom. The Morgan fingerprint density at radius 1 is 1.38 bits per heavy atom. The lowest BCUT2D eigenvalue weighted by atomic mass is 10.1. The second kappa shape index (κ2) is 10.3. The zero-order chi connectivity index (χ0) is 17.1. The third kappa shape index (κ3) is 5.22. The molecule has 4 N–H and O–H groups in total. The molecule has 3 aromatic heterocycles. The Kier molecular flexibility index (Phi) is 9.09. The number of nitrogens with one attached hydrogen (secondary N) is 1. The molecule has 1 unspecified atom stereocenters. The van der Waals surface area contributed by atoms with Crippen molar-refractivity contribution in [3.63, 3.8) is 0 Å². The minimum Gasteiger partial charge on any atom is -0.467 e. The van der Waals surface area contributed by atoms with Crippen LogP contribution in [0.5, 0.6) is 0 Å². The van der Waals surface area contributed by atoms with Crippen molar-refractivity contribution in [1.29, 1.82) is 0 Å². The van der Waals surface area contributed by atoms with Crippen LogP contribution in [0.15, 0.2) is 22.8 Å². The van der Waals surface area contributed by atoms with Crippen molar-refractivity contribution in [1.82, 2.24) is 9.97 Å². The molecule has 0 amide bonds. The van der Waals surface area contributed by atoms with Crippen LogP contribution in [-0.4, -0.2) is 27.7 Å². The topological polar surface area (TPSA) is 97.2 Å². The minimum atomic E-state index is -0.0790. The summed E-state index contributed by atoms with van der Waals surface area (Å²) in [4.78, 5) is 9.82. The molecule has 0 spiro atoms. The van der Waals surface area contributed by atoms with E-state index in [9.17, 15) is 0 Å². The fourth-order valence-corrected chi connectivity index (χ4v) is 3.98. The Labute approximate surface area is 173 Å². The molecule has 144 valence electrons. The van der Waals surface area contributed by atoms with E-state index in [2.05, 4.69) is 15.3 Å². The number of thiophene rings is 1. The van der Waals surface area contributed by atoms with Crippen LogP contribution in [0.3, 0.4) is 0 Å². The molecule has 0 bridgehead atoms. The first-order valence-electron chi connectivity index (χ1n) is 7.66. The predicted octanol–water partition coefficient (Wildman–Crippen LogP) is 3.95. The number of furan rings is 1. The molecule has 0 aromatic carbocycles. The van der Waals surface area contributed by atoms with E-state index in [0.717, 1.165) is 26.4 Å². The van der Waals surface area contributed by atoms with Gasteiger partial charge >= 0.3 is 0 Å². The van der Waals surface area contributed by atoms with Crippen LogP contribution in [0.4, 0.5) is 5.82 Å². The molecule has 3 aromatic rings. The summed E-state index contributed by atoms with van der Waals surface area (Å²) >= 11 is 7.69. The van der Waals surface area contributed by atoms with Gasteiger partial charge in [0.25, 0.3) is 0 Å². The highest BCUT2D eigenvalue weighted by Gasteiger charge is 2.17. The van der Waals surface area contributed by atoms with E-state index < -0.39 is 0 Å². The number of anilines is 1. The van der Waals surface area contributed by atoms with Crippen LogP contribution in [0.1, 0.15) is 22.6 Å². The molecule has 0 radical (unpaired) electrons. The molecule has 3 rings (SSSR count). The monoisotopic (exact) mass is 438 g/mol. The van der Waals surface area contributed by atoms with Gasteiger partial charge in [-0.25, -0.2) is 4.98 Å². The maximum Gasteiger partial charge on any atom is 0.224 e. The molecule has 26 heavy (non-hydrogen) atoms. The summed E-state index contributed by atoms with van der Waals surface area (Å²) in [7, 11) is 0. The summed E-state index contributed by atoms with van der Waals surface area (Å²) in [6, 6.07) is 3.66. The lowest BCUT2D eigenvalue weighted by molar-refractivity contribution is 0.275. The van der Waals surface area contributed by atoms with Crippen molar-refractivity contribution in [3.05, 3.63) is 39.9 Å². The van der Waals surface area contributed by atoms with Crippen LogP contribution < -0.4 is 11.1 Å². The van der Waals surface area contributed by atoms with Gasteiger partial charge in [-0.15, -0.1) is 36.2 Å². The first-order valence-corrected chi connectivity index (χ1v) is 8.86. The molecule has 0 aliphatic heterocycles. The SMILES string of the molecule is Cc1c(CC(N)CCO)sc2c(NCc3ccco3)nc(Cl)nc12.Cl.Cl. The van der Waals surface area contributed by atoms with Gasteiger partial charge < -0.3 is 20.6 Å². The highest BCUT2D eigenvalue weighted by atomic mass is 35.5. The van der Waals surface area contributed by atoms with Crippen LogP contribution >= 0.6 is 47.8 Å². The summed E-state index contributed by atoms with van der Waals surface area (Å²) < 4.78 is 6.28. The van der Waals surface area contributed by atoms with Crippen molar-refractivity contribution >= 4 is 63.8 Å². The first kappa shape index (κ1) is 23.0. The van der Waals surface area contributed by atoms with Gasteiger partial charge in [-0.1, -0.05) is 0 Å². The van der Waals surface area contributed by atoms with Gasteiger partial charge in [0.2, 0.25) is 5.28 Å². The highest BCUT2D eigenvalue weighted by molar-refractivity contribution is 7.19. The number of halogens is 3. The summed E-state index contributed by atoms with van der Waals surface area (Å²) in [5, 5.41) is 12.5. The van der Waals surface area contributed by atoms with Gasteiger partial charge in [0.1, 0.15) is 11.6 Å². The molecule has 10 heteroatoms. The van der Waals surface area contributed by atoms with Crippen LogP contribution in [0, 0.1) is 6.92 Å². The number of aliphatic hydroxyl groups excluding tert-OH is 1. The van der Waals surface area contributed by atoms with Crippen molar-refractivity contribution in [2.24, 2.45) is 5.73 Å². The zero-order valence-corrected chi connectivity index (χ0v) is 17.3. The summed E-state index contributed by atoms with van der Waals surface area (Å²) in [6.45, 7) is 2.62. The molecule has 3 heterocycles. The summed E-state index contributed by atoms with van der Waals surface area (Å²) in [5.74, 6) is 1.51. The Bertz CT molecular complexity index is 827. The Hall–Kier alpha value is -1.09. The number of fused-ring (bicyclic) bond motifs is 1. The van der Waals surface area contributed by atoms with Gasteiger partial charge in [0.15, 0.2) is 0 Å². The van der Waals surface area contributed by atoms with Gasteiger partial charge in [0.05, 0.1) is 23.0 Å². The van der Waals surface area contributed by atoms with Crippen molar-refractivity contribution in [2.75, 3.05) is 11.9 Å². The second-order valence-electron chi connectivity index (χ2n) is 5.58. The molecule has 0 saturated carbocycles. The molecule has 0 aliphatic rings. The number of nitrogens with zero attached hydrogens (tertiary/aromatic N) is 2. The third-order valence-corrected chi connectivity index (χ3v) is 5.27. The third-order valence-electron chi connectivity index (χ3n) is 3.79. The minimum absolute atomic E-state index is 0. The number of nitrogens with two attached hydrogens (primary N) is 1. The molecule has 1 atom stereocenters.